The number of phenols is 1. The van der Waals surface area contributed by atoms with Crippen molar-refractivity contribution in [1.29, 1.82) is 0 Å². The lowest BCUT2D eigenvalue weighted by molar-refractivity contribution is -0.141. The van der Waals surface area contributed by atoms with E-state index in [1.54, 1.807) is 24.3 Å². The number of thiol groups is 1. The van der Waals surface area contributed by atoms with Crippen molar-refractivity contribution in [2.24, 2.45) is 5.92 Å². The van der Waals surface area contributed by atoms with Crippen LogP contribution in [0.25, 0.3) is 0 Å². The van der Waals surface area contributed by atoms with E-state index in [1.807, 2.05) is 26.0 Å². The Bertz CT molecular complexity index is 892. The van der Waals surface area contributed by atoms with Crippen molar-refractivity contribution in [2.45, 2.75) is 26.4 Å². The molecule has 2 rings (SSSR count). The van der Waals surface area contributed by atoms with Gasteiger partial charge in [-0.15, -0.1) is 0 Å². The zero-order valence-corrected chi connectivity index (χ0v) is 20.6. The van der Waals surface area contributed by atoms with Crippen LogP contribution < -0.4 is 5.32 Å². The summed E-state index contributed by atoms with van der Waals surface area (Å²) < 4.78 is 12.0. The Kier molecular flexibility index (Phi) is 9.51. The first-order valence-corrected chi connectivity index (χ1v) is 11.4. The molecule has 2 N–H and O–H groups in total. The Balaban J connectivity index is 2.21. The van der Waals surface area contributed by atoms with Crippen molar-refractivity contribution >= 4 is 62.2 Å². The first-order chi connectivity index (χ1) is 14.2. The molecule has 2 atom stereocenters. The first-order valence-electron chi connectivity index (χ1n) is 9.20. The quantitative estimate of drug-likeness (QED) is 0.272. The lowest BCUT2D eigenvalue weighted by atomic mass is 9.94. The number of benzene rings is 2. The number of phenolic OH excluding ortho intramolecular Hbond substituents is 1. The number of aromatic hydroxyl groups is 1. The third kappa shape index (κ3) is 7.21. The largest absolute Gasteiger partial charge is 0.506 e. The summed E-state index contributed by atoms with van der Waals surface area (Å²) in [5.74, 6) is -0.709. The summed E-state index contributed by atoms with van der Waals surface area (Å²) in [5, 5.41) is 13.2. The van der Waals surface area contributed by atoms with Gasteiger partial charge in [0.2, 0.25) is 0 Å². The third-order valence-corrected chi connectivity index (χ3v) is 5.70. The maximum atomic E-state index is 12.6. The molecule has 2 aromatic rings. The Labute approximate surface area is 198 Å². The van der Waals surface area contributed by atoms with Gasteiger partial charge in [-0.2, -0.15) is 12.6 Å². The van der Waals surface area contributed by atoms with E-state index in [-0.39, 0.29) is 24.0 Å². The van der Waals surface area contributed by atoms with Gasteiger partial charge in [-0.25, -0.2) is 4.79 Å². The molecule has 0 saturated carbocycles. The molecule has 1 amide bonds. The van der Waals surface area contributed by atoms with Crippen LogP contribution in [0.3, 0.4) is 0 Å². The molecule has 0 bridgehead atoms. The molecule has 0 aliphatic heterocycles. The van der Waals surface area contributed by atoms with Crippen LogP contribution in [0.15, 0.2) is 45.3 Å². The molecular formula is C21H23Br2NO5S. The fourth-order valence-electron chi connectivity index (χ4n) is 2.74. The zero-order valence-electron chi connectivity index (χ0n) is 16.5. The van der Waals surface area contributed by atoms with E-state index < -0.39 is 18.2 Å². The molecule has 0 unspecified atom stereocenters. The highest BCUT2D eigenvalue weighted by molar-refractivity contribution is 9.11. The Morgan fingerprint density at radius 2 is 1.87 bits per heavy atom. The average Bonchev–Trinajstić information content (AvgIpc) is 2.70. The molecule has 6 nitrogen and oxygen atoms in total. The van der Waals surface area contributed by atoms with Crippen LogP contribution in [-0.2, 0) is 14.3 Å². The lowest BCUT2D eigenvalue weighted by Gasteiger charge is -2.26. The average molecular weight is 561 g/mol. The molecule has 0 radical (unpaired) electrons. The van der Waals surface area contributed by atoms with E-state index in [2.05, 4.69) is 49.8 Å². The summed E-state index contributed by atoms with van der Waals surface area (Å²) in [6.07, 6.45) is -1.01. The fraction of sp³-hybridized carbons (Fsp3) is 0.333. The van der Waals surface area contributed by atoms with Crippen molar-refractivity contribution in [2.75, 3.05) is 17.7 Å². The van der Waals surface area contributed by atoms with Crippen LogP contribution >= 0.6 is 44.5 Å². The number of hydrogen-bond donors (Lipinski definition) is 3. The van der Waals surface area contributed by atoms with Crippen LogP contribution in [0.1, 0.15) is 30.6 Å². The number of halogens is 2. The summed E-state index contributed by atoms with van der Waals surface area (Å²) in [7, 11) is 0. The van der Waals surface area contributed by atoms with Crippen molar-refractivity contribution in [3.05, 3.63) is 56.5 Å². The van der Waals surface area contributed by atoms with E-state index in [9.17, 15) is 14.7 Å². The minimum absolute atomic E-state index is 0.00731. The van der Waals surface area contributed by atoms with Gasteiger partial charge in [-0.3, -0.25) is 10.1 Å². The van der Waals surface area contributed by atoms with Gasteiger partial charge in [0.15, 0.2) is 0 Å². The van der Waals surface area contributed by atoms with E-state index >= 15 is 0 Å². The van der Waals surface area contributed by atoms with E-state index in [0.717, 1.165) is 5.56 Å². The molecular weight excluding hydrogens is 538 g/mol. The topological polar surface area (TPSA) is 84.9 Å². The molecule has 2 aromatic carbocycles. The molecule has 0 aromatic heterocycles. The number of rotatable bonds is 8. The number of nitrogens with one attached hydrogen (secondary N) is 1. The van der Waals surface area contributed by atoms with E-state index in [1.165, 1.54) is 0 Å². The monoisotopic (exact) mass is 559 g/mol. The van der Waals surface area contributed by atoms with Gasteiger partial charge < -0.3 is 14.6 Å². The summed E-state index contributed by atoms with van der Waals surface area (Å²) in [4.78, 5) is 23.9. The molecule has 0 aliphatic rings. The fourth-order valence-corrected chi connectivity index (χ4v) is 4.09. The van der Waals surface area contributed by atoms with Gasteiger partial charge in [-0.1, -0.05) is 40.5 Å². The summed E-state index contributed by atoms with van der Waals surface area (Å²) in [5.41, 5.74) is 2.10. The molecule has 0 spiro atoms. The third-order valence-electron chi connectivity index (χ3n) is 4.38. The van der Waals surface area contributed by atoms with Crippen LogP contribution in [0.4, 0.5) is 10.5 Å². The highest BCUT2D eigenvalue weighted by atomic mass is 79.9. The normalized spacial score (nSPS) is 12.7. The second-order valence-corrected chi connectivity index (χ2v) is 8.87. The van der Waals surface area contributed by atoms with Gasteiger partial charge in [0.05, 0.1) is 16.8 Å². The number of aryl methyl sites for hydroxylation is 1. The minimum Gasteiger partial charge on any atom is -0.506 e. The van der Waals surface area contributed by atoms with Crippen molar-refractivity contribution in [1.82, 2.24) is 0 Å². The second-order valence-electron chi connectivity index (χ2n) is 6.79. The van der Waals surface area contributed by atoms with Crippen LogP contribution in [0, 0.1) is 12.8 Å². The molecule has 30 heavy (non-hydrogen) atoms. The number of carbonyl (C=O) groups excluding carboxylic acids is 2. The standard InChI is InChI=1S/C21H23Br2NO5S/c1-12-3-5-15(6-4-12)24-21(27)29-20(13(2)7-8-28-18(25)11-30)16-9-14(22)10-17(23)19(16)26/h3-6,9-10,13,20,26,30H,7-8,11H2,1-2H3,(H,24,27)/t13-,20+/m0/s1. The van der Waals surface area contributed by atoms with E-state index in [4.69, 9.17) is 9.47 Å². The first kappa shape index (κ1) is 24.6. The summed E-state index contributed by atoms with van der Waals surface area (Å²) >= 11 is 10.6. The molecule has 9 heteroatoms. The second kappa shape index (κ2) is 11.6. The maximum absolute atomic E-state index is 12.6. The summed E-state index contributed by atoms with van der Waals surface area (Å²) in [6, 6.07) is 10.7. The molecule has 0 aliphatic carbocycles. The van der Waals surface area contributed by atoms with Crippen LogP contribution in [-0.4, -0.2) is 29.5 Å². The van der Waals surface area contributed by atoms with Crippen LogP contribution in [0.5, 0.6) is 5.75 Å². The van der Waals surface area contributed by atoms with Gasteiger partial charge in [0.25, 0.3) is 0 Å². The Hall–Kier alpha value is -1.71. The molecule has 0 saturated heterocycles. The minimum atomic E-state index is -0.779. The Morgan fingerprint density at radius 3 is 2.50 bits per heavy atom. The SMILES string of the molecule is Cc1ccc(NC(=O)O[C@@H](c2cc(Br)cc(Br)c2O)[C@@H](C)CCOC(=O)CS)cc1. The number of carbonyl (C=O) groups is 2. The van der Waals surface area contributed by atoms with Crippen molar-refractivity contribution < 1.29 is 24.2 Å². The van der Waals surface area contributed by atoms with Crippen LogP contribution in [0.2, 0.25) is 0 Å². The predicted molar refractivity (Wildman–Crippen MR) is 126 cm³/mol. The van der Waals surface area contributed by atoms with Crippen molar-refractivity contribution in [3.8, 4) is 5.75 Å². The smallest absolute Gasteiger partial charge is 0.412 e. The predicted octanol–water partition coefficient (Wildman–Crippen LogP) is 6.01. The number of hydrogen-bond acceptors (Lipinski definition) is 6. The summed E-state index contributed by atoms with van der Waals surface area (Å²) in [6.45, 7) is 3.96. The number of amides is 1. The highest BCUT2D eigenvalue weighted by Gasteiger charge is 2.28. The van der Waals surface area contributed by atoms with Gasteiger partial charge >= 0.3 is 12.1 Å². The van der Waals surface area contributed by atoms with Gasteiger partial charge in [-0.05, 0) is 53.5 Å². The lowest BCUT2D eigenvalue weighted by Crippen LogP contribution is -2.23. The number of ether oxygens (including phenoxy) is 2. The zero-order chi connectivity index (χ0) is 22.3. The van der Waals surface area contributed by atoms with Gasteiger partial charge in [0, 0.05) is 21.6 Å². The number of anilines is 1. The maximum Gasteiger partial charge on any atom is 0.412 e. The van der Waals surface area contributed by atoms with Crippen molar-refractivity contribution in [3.63, 3.8) is 0 Å². The molecule has 0 heterocycles. The molecule has 0 fully saturated rings. The number of esters is 1. The van der Waals surface area contributed by atoms with Gasteiger partial charge in [0.1, 0.15) is 11.9 Å². The Morgan fingerprint density at radius 1 is 1.20 bits per heavy atom. The highest BCUT2D eigenvalue weighted by Crippen LogP contribution is 2.40. The van der Waals surface area contributed by atoms with E-state index in [0.29, 0.717) is 26.6 Å². The molecule has 162 valence electrons.